The van der Waals surface area contributed by atoms with Gasteiger partial charge in [0.05, 0.1) is 22.4 Å². The number of furan rings is 1. The summed E-state index contributed by atoms with van der Waals surface area (Å²) in [7, 11) is 0. The Balaban J connectivity index is 1.02. The summed E-state index contributed by atoms with van der Waals surface area (Å²) >= 11 is 0. The first-order valence-corrected chi connectivity index (χ1v) is 25.0. The van der Waals surface area contributed by atoms with Crippen molar-refractivity contribution in [2.45, 2.75) is 6.92 Å². The van der Waals surface area contributed by atoms with Crippen LogP contribution in [0.5, 0.6) is 0 Å². The minimum atomic E-state index is 0.441. The molecule has 0 bridgehead atoms. The fourth-order valence-corrected chi connectivity index (χ4v) is 10.5. The first-order chi connectivity index (χ1) is 37.1. The third kappa shape index (κ3) is 8.19. The molecule has 0 aliphatic carbocycles. The zero-order valence-corrected chi connectivity index (χ0v) is 41.0. The Morgan fingerprint density at radius 3 is 1.67 bits per heavy atom. The summed E-state index contributed by atoms with van der Waals surface area (Å²) in [4.78, 5) is 25.6. The molecule has 75 heavy (non-hydrogen) atoms. The topological polar surface area (TPSA) is 82.0 Å². The van der Waals surface area contributed by atoms with Crippen molar-refractivity contribution in [2.24, 2.45) is 4.99 Å². The lowest BCUT2D eigenvalue weighted by molar-refractivity contribution is 0.669. The van der Waals surface area contributed by atoms with Gasteiger partial charge in [-0.05, 0) is 108 Å². The summed E-state index contributed by atoms with van der Waals surface area (Å²) in [5.74, 6) is 1.51. The number of nitrogens with zero attached hydrogens (tertiary/aromatic N) is 6. The van der Waals surface area contributed by atoms with E-state index in [0.717, 1.165) is 111 Å². The summed E-state index contributed by atoms with van der Waals surface area (Å²) in [5.41, 5.74) is 17.0. The van der Waals surface area contributed by atoms with Crippen molar-refractivity contribution < 1.29 is 4.42 Å². The van der Waals surface area contributed by atoms with E-state index in [0.29, 0.717) is 28.7 Å². The lowest BCUT2D eigenvalue weighted by atomic mass is 9.88. The summed E-state index contributed by atoms with van der Waals surface area (Å²) in [6.07, 6.45) is 4.07. The number of benzene rings is 9. The van der Waals surface area contributed by atoms with Gasteiger partial charge < -0.3 is 8.98 Å². The molecule has 0 spiro atoms. The van der Waals surface area contributed by atoms with Gasteiger partial charge in [-0.15, -0.1) is 0 Å². The van der Waals surface area contributed by atoms with Gasteiger partial charge in [-0.2, -0.15) is 0 Å². The van der Waals surface area contributed by atoms with Gasteiger partial charge >= 0.3 is 0 Å². The number of aliphatic imine (C=N–C) groups is 1. The molecule has 0 amide bonds. The van der Waals surface area contributed by atoms with Gasteiger partial charge in [0.2, 0.25) is 0 Å². The highest BCUT2D eigenvalue weighted by molar-refractivity contribution is 6.27. The molecular formula is C68H46N6O. The Kier molecular flexibility index (Phi) is 11.4. The Bertz CT molecular complexity index is 4220. The van der Waals surface area contributed by atoms with Crippen LogP contribution < -0.4 is 0 Å². The van der Waals surface area contributed by atoms with Crippen LogP contribution in [0.4, 0.5) is 0 Å². The minimum absolute atomic E-state index is 0.441. The SMILES string of the molecule is C=N/C(=C(\C=C(/C)c1ccc(-c2c(-c3ccccc3)cccc2-c2ccccc2)cn1)c1nc(-c2ccccc2)nc(-c2ccccc2)n1)c1ccc2oc3ccc4c(c5ccccc5n4-c4ccccc4)c3c2c1. The number of hydrogen-bond donors (Lipinski definition) is 0. The first-order valence-electron chi connectivity index (χ1n) is 25.0. The minimum Gasteiger partial charge on any atom is -0.456 e. The van der Waals surface area contributed by atoms with E-state index in [4.69, 9.17) is 29.3 Å². The van der Waals surface area contributed by atoms with E-state index in [9.17, 15) is 0 Å². The van der Waals surface area contributed by atoms with E-state index in [1.165, 1.54) is 0 Å². The van der Waals surface area contributed by atoms with E-state index < -0.39 is 0 Å². The van der Waals surface area contributed by atoms with Crippen molar-refractivity contribution in [3.63, 3.8) is 0 Å². The maximum atomic E-state index is 6.67. The molecule has 0 aliphatic heterocycles. The second-order valence-electron chi connectivity index (χ2n) is 18.5. The average molecular weight is 963 g/mol. The average Bonchev–Trinajstić information content (AvgIpc) is 4.11. The van der Waals surface area contributed by atoms with Crippen LogP contribution in [0.3, 0.4) is 0 Å². The molecule has 0 N–H and O–H groups in total. The molecule has 0 atom stereocenters. The summed E-state index contributed by atoms with van der Waals surface area (Å²) < 4.78 is 9.00. The number of hydrogen-bond acceptors (Lipinski definition) is 6. The lowest BCUT2D eigenvalue weighted by Crippen LogP contribution is -2.04. The van der Waals surface area contributed by atoms with Gasteiger partial charge in [-0.3, -0.25) is 9.98 Å². The van der Waals surface area contributed by atoms with Crippen LogP contribution in [0.25, 0.3) is 122 Å². The van der Waals surface area contributed by atoms with E-state index in [1.54, 1.807) is 0 Å². The Morgan fingerprint density at radius 2 is 1.07 bits per heavy atom. The van der Waals surface area contributed by atoms with Crippen LogP contribution >= 0.6 is 0 Å². The predicted molar refractivity (Wildman–Crippen MR) is 309 cm³/mol. The highest BCUT2D eigenvalue weighted by Gasteiger charge is 2.23. The molecule has 4 heterocycles. The molecule has 13 aromatic rings. The fourth-order valence-electron chi connectivity index (χ4n) is 10.5. The van der Waals surface area contributed by atoms with Gasteiger partial charge in [0.25, 0.3) is 0 Å². The van der Waals surface area contributed by atoms with E-state index >= 15 is 0 Å². The van der Waals surface area contributed by atoms with Gasteiger partial charge in [0.15, 0.2) is 17.5 Å². The molecule has 4 aromatic heterocycles. The summed E-state index contributed by atoms with van der Waals surface area (Å²) in [5, 5.41) is 4.24. The number of para-hydroxylation sites is 2. The molecule has 7 nitrogen and oxygen atoms in total. The Morgan fingerprint density at radius 1 is 0.493 bits per heavy atom. The maximum absolute atomic E-state index is 6.67. The molecule has 0 radical (unpaired) electrons. The predicted octanol–water partition coefficient (Wildman–Crippen LogP) is 17.3. The van der Waals surface area contributed by atoms with Crippen molar-refractivity contribution in [2.75, 3.05) is 0 Å². The standard InChI is InChI=1S/C68H46N6O/c1-44(57-37-35-50(43-70-57)62-52(45-21-8-3-9-22-45)32-20-33-53(62)46-23-10-4-11-24-46)41-56(68-72-66(47-25-12-5-13-26-47)71-67(73-68)48-27-14-6-15-28-48)65(69-2)49-36-39-60-55(42-49)64-61(75-60)40-38-59-63(64)54-31-18-19-34-58(54)74(59)51-29-16-7-17-30-51/h3-43H,2H2,1H3/b44-41+,65-56+. The highest BCUT2D eigenvalue weighted by atomic mass is 16.3. The van der Waals surface area contributed by atoms with Gasteiger partial charge in [0, 0.05) is 61.3 Å². The monoisotopic (exact) mass is 962 g/mol. The van der Waals surface area contributed by atoms with Crippen molar-refractivity contribution in [1.82, 2.24) is 24.5 Å². The Labute approximate surface area is 433 Å². The number of rotatable bonds is 11. The molecule has 7 heteroatoms. The van der Waals surface area contributed by atoms with Gasteiger partial charge in [-0.1, -0.05) is 182 Å². The number of fused-ring (bicyclic) bond motifs is 7. The smallest absolute Gasteiger partial charge is 0.166 e. The molecule has 354 valence electrons. The molecule has 9 aromatic carbocycles. The zero-order chi connectivity index (χ0) is 50.2. The van der Waals surface area contributed by atoms with E-state index in [-0.39, 0.29) is 0 Å². The van der Waals surface area contributed by atoms with Crippen molar-refractivity contribution in [1.29, 1.82) is 0 Å². The second-order valence-corrected chi connectivity index (χ2v) is 18.5. The third-order valence-corrected chi connectivity index (χ3v) is 14.0. The highest BCUT2D eigenvalue weighted by Crippen LogP contribution is 2.44. The van der Waals surface area contributed by atoms with Crippen LogP contribution in [-0.2, 0) is 0 Å². The second kappa shape index (κ2) is 19.1. The largest absolute Gasteiger partial charge is 0.456 e. The van der Waals surface area contributed by atoms with Gasteiger partial charge in [0.1, 0.15) is 11.2 Å². The van der Waals surface area contributed by atoms with E-state index in [2.05, 4.69) is 182 Å². The summed E-state index contributed by atoms with van der Waals surface area (Å²) in [6, 6.07) is 81.4. The quantitative estimate of drug-likeness (QED) is 0.0953. The van der Waals surface area contributed by atoms with Gasteiger partial charge in [-0.25, -0.2) is 15.0 Å². The molecule has 0 saturated heterocycles. The molecular weight excluding hydrogens is 917 g/mol. The van der Waals surface area contributed by atoms with Crippen LogP contribution in [0, 0.1) is 0 Å². The van der Waals surface area contributed by atoms with Crippen LogP contribution in [0.15, 0.2) is 258 Å². The van der Waals surface area contributed by atoms with Crippen LogP contribution in [0.1, 0.15) is 24.0 Å². The fraction of sp³-hybridized carbons (Fsp3) is 0.0147. The summed E-state index contributed by atoms with van der Waals surface area (Å²) in [6.45, 7) is 6.31. The molecule has 0 fully saturated rings. The van der Waals surface area contributed by atoms with Crippen LogP contribution in [0.2, 0.25) is 0 Å². The van der Waals surface area contributed by atoms with Crippen molar-refractivity contribution >= 4 is 67.3 Å². The number of aromatic nitrogens is 5. The van der Waals surface area contributed by atoms with E-state index in [1.807, 2.05) is 85.1 Å². The molecule has 0 aliphatic rings. The van der Waals surface area contributed by atoms with Crippen LogP contribution in [-0.4, -0.2) is 31.2 Å². The molecule has 0 unspecified atom stereocenters. The first kappa shape index (κ1) is 44.8. The zero-order valence-electron chi connectivity index (χ0n) is 41.0. The normalized spacial score (nSPS) is 12.1. The number of allylic oxidation sites excluding steroid dienone is 3. The molecule has 13 rings (SSSR count). The molecule has 0 saturated carbocycles. The van der Waals surface area contributed by atoms with Crippen molar-refractivity contribution in [3.8, 4) is 61.8 Å². The number of pyridine rings is 1. The lowest BCUT2D eigenvalue weighted by Gasteiger charge is -2.16. The third-order valence-electron chi connectivity index (χ3n) is 14.0. The Hall–Kier alpha value is -10.1. The maximum Gasteiger partial charge on any atom is 0.166 e. The van der Waals surface area contributed by atoms with Crippen molar-refractivity contribution in [3.05, 3.63) is 266 Å².